The molecule has 2 heterocycles. The molecule has 0 bridgehead atoms. The Hall–Kier alpha value is -1.68. The Labute approximate surface area is 165 Å². The summed E-state index contributed by atoms with van der Waals surface area (Å²) in [5.74, 6) is -1.63. The molecule has 0 aromatic carbocycles. The lowest BCUT2D eigenvalue weighted by molar-refractivity contribution is -0.220. The van der Waals surface area contributed by atoms with Crippen molar-refractivity contribution >= 4 is 11.9 Å². The summed E-state index contributed by atoms with van der Waals surface area (Å²) in [4.78, 5) is 23.8. The van der Waals surface area contributed by atoms with Crippen LogP contribution in [0.1, 0.15) is 41.0 Å². The summed E-state index contributed by atoms with van der Waals surface area (Å²) in [6.07, 6.45) is -0.693. The Balaban J connectivity index is 2.16. The fraction of sp³-hybridized carbons (Fsp3) is 0.789. The monoisotopic (exact) mass is 401 g/mol. The summed E-state index contributed by atoms with van der Waals surface area (Å²) in [6, 6.07) is -0.518. The Morgan fingerprint density at radius 1 is 1.18 bits per heavy atom. The summed E-state index contributed by atoms with van der Waals surface area (Å²) in [7, 11) is 1.56. The molecule has 9 heteroatoms. The zero-order chi connectivity index (χ0) is 20.9. The Morgan fingerprint density at radius 3 is 2.46 bits per heavy atom. The molecule has 160 valence electrons. The molecule has 2 aliphatic heterocycles. The molecule has 1 N–H and O–H groups in total. The molecule has 0 aromatic rings. The second-order valence-corrected chi connectivity index (χ2v) is 7.11. The van der Waals surface area contributed by atoms with Gasteiger partial charge >= 0.3 is 11.9 Å². The van der Waals surface area contributed by atoms with Crippen LogP contribution in [0, 0.1) is 0 Å². The predicted octanol–water partition coefficient (Wildman–Crippen LogP) is 1.26. The van der Waals surface area contributed by atoms with E-state index in [1.165, 1.54) is 6.08 Å². The summed E-state index contributed by atoms with van der Waals surface area (Å²) in [5, 5.41) is 3.16. The minimum atomic E-state index is -0.777. The van der Waals surface area contributed by atoms with Crippen LogP contribution in [-0.4, -0.2) is 68.7 Å². The zero-order valence-corrected chi connectivity index (χ0v) is 17.4. The van der Waals surface area contributed by atoms with Gasteiger partial charge < -0.3 is 33.7 Å². The second kappa shape index (κ2) is 9.69. The van der Waals surface area contributed by atoms with Gasteiger partial charge in [-0.3, -0.25) is 4.79 Å². The maximum atomic E-state index is 12.1. The molecule has 9 nitrogen and oxygen atoms in total. The van der Waals surface area contributed by atoms with Crippen LogP contribution in [0.4, 0.5) is 0 Å². The predicted molar refractivity (Wildman–Crippen MR) is 98.1 cm³/mol. The van der Waals surface area contributed by atoms with Crippen molar-refractivity contribution in [3.8, 4) is 0 Å². The van der Waals surface area contributed by atoms with Crippen LogP contribution in [0.5, 0.6) is 0 Å². The van der Waals surface area contributed by atoms with Crippen LogP contribution >= 0.6 is 0 Å². The second-order valence-electron chi connectivity index (χ2n) is 7.11. The first-order valence-electron chi connectivity index (χ1n) is 9.51. The van der Waals surface area contributed by atoms with Crippen molar-refractivity contribution in [3.63, 3.8) is 0 Å². The van der Waals surface area contributed by atoms with Crippen LogP contribution in [0.15, 0.2) is 11.8 Å². The molecule has 2 aliphatic rings. The highest BCUT2D eigenvalue weighted by Crippen LogP contribution is 2.39. The van der Waals surface area contributed by atoms with Crippen molar-refractivity contribution in [3.05, 3.63) is 11.8 Å². The Kier molecular flexibility index (Phi) is 7.82. The molecular formula is C19H31NO8. The Morgan fingerprint density at radius 2 is 1.86 bits per heavy atom. The minimum Gasteiger partial charge on any atom is -0.466 e. The quantitative estimate of drug-likeness (QED) is 0.452. The maximum absolute atomic E-state index is 12.1. The summed E-state index contributed by atoms with van der Waals surface area (Å²) in [5.41, 5.74) is 0.533. The molecule has 0 aromatic heterocycles. The van der Waals surface area contributed by atoms with Gasteiger partial charge in [-0.25, -0.2) is 4.79 Å². The van der Waals surface area contributed by atoms with Crippen molar-refractivity contribution < 1.29 is 38.0 Å². The van der Waals surface area contributed by atoms with E-state index in [1.54, 1.807) is 41.7 Å². The molecule has 2 rings (SSSR count). The van der Waals surface area contributed by atoms with E-state index in [2.05, 4.69) is 5.32 Å². The number of ether oxygens (including phenoxy) is 6. The number of rotatable bonds is 9. The van der Waals surface area contributed by atoms with Crippen molar-refractivity contribution in [2.24, 2.45) is 0 Å². The summed E-state index contributed by atoms with van der Waals surface area (Å²) >= 11 is 0. The lowest BCUT2D eigenvalue weighted by atomic mass is 10.00. The SMILES string of the molecule is CCOC(=O)/C=C(\C)NC(CC(=O)OCC)C1O[C@@H]2OC(C)(C)O[C@@H]2[C@H]1OC. The smallest absolute Gasteiger partial charge is 0.332 e. The molecule has 0 radical (unpaired) electrons. The summed E-state index contributed by atoms with van der Waals surface area (Å²) < 4.78 is 33.3. The number of hydrogen-bond acceptors (Lipinski definition) is 9. The van der Waals surface area contributed by atoms with E-state index in [0.29, 0.717) is 5.70 Å². The molecule has 0 aliphatic carbocycles. The number of nitrogens with one attached hydrogen (secondary N) is 1. The first-order chi connectivity index (χ1) is 13.2. The number of carbonyl (C=O) groups excluding carboxylic acids is 2. The van der Waals surface area contributed by atoms with Crippen molar-refractivity contribution in [2.75, 3.05) is 20.3 Å². The molecule has 2 fully saturated rings. The van der Waals surface area contributed by atoms with Gasteiger partial charge in [0.1, 0.15) is 18.3 Å². The first kappa shape index (κ1) is 22.6. The van der Waals surface area contributed by atoms with Gasteiger partial charge in [-0.15, -0.1) is 0 Å². The van der Waals surface area contributed by atoms with E-state index in [4.69, 9.17) is 28.4 Å². The standard InChI is InChI=1S/C19H31NO8/c1-7-24-13(21)9-11(3)20-12(10-14(22)25-8-2)15-16(23-6)17-18(26-15)28-19(4,5)27-17/h9,12,15-18,20H,7-8,10H2,1-6H3/b11-9+/t12?,15?,16-,17+,18+/m0/s1. The number of allylic oxidation sites excluding steroid dienone is 1. The fourth-order valence-electron chi connectivity index (χ4n) is 3.44. The number of methoxy groups -OCH3 is 1. The molecule has 2 saturated heterocycles. The number of carbonyl (C=O) groups is 2. The van der Waals surface area contributed by atoms with Gasteiger partial charge in [-0.05, 0) is 34.6 Å². The van der Waals surface area contributed by atoms with E-state index in [1.807, 2.05) is 0 Å². The molecule has 0 amide bonds. The molecular weight excluding hydrogens is 370 g/mol. The van der Waals surface area contributed by atoms with Crippen molar-refractivity contribution in [1.29, 1.82) is 0 Å². The van der Waals surface area contributed by atoms with E-state index in [9.17, 15) is 9.59 Å². The third kappa shape index (κ3) is 5.66. The number of fused-ring (bicyclic) bond motifs is 1. The molecule has 5 atom stereocenters. The Bertz CT molecular complexity index is 590. The largest absolute Gasteiger partial charge is 0.466 e. The van der Waals surface area contributed by atoms with Crippen LogP contribution in [0.2, 0.25) is 0 Å². The van der Waals surface area contributed by atoms with Gasteiger partial charge in [-0.1, -0.05) is 0 Å². The molecule has 0 saturated carbocycles. The van der Waals surface area contributed by atoms with E-state index in [-0.39, 0.29) is 25.6 Å². The van der Waals surface area contributed by atoms with Gasteiger partial charge in [0.2, 0.25) is 0 Å². The van der Waals surface area contributed by atoms with Crippen LogP contribution in [-0.2, 0) is 38.0 Å². The zero-order valence-electron chi connectivity index (χ0n) is 17.4. The maximum Gasteiger partial charge on any atom is 0.332 e. The van der Waals surface area contributed by atoms with Crippen LogP contribution < -0.4 is 5.32 Å². The number of hydrogen-bond donors (Lipinski definition) is 1. The average molecular weight is 401 g/mol. The van der Waals surface area contributed by atoms with Crippen LogP contribution in [0.3, 0.4) is 0 Å². The molecule has 0 spiro atoms. The third-order valence-corrected chi connectivity index (χ3v) is 4.42. The average Bonchev–Trinajstić information content (AvgIpc) is 3.05. The van der Waals surface area contributed by atoms with Gasteiger partial charge in [0, 0.05) is 18.9 Å². The van der Waals surface area contributed by atoms with Gasteiger partial charge in [0.15, 0.2) is 12.1 Å². The highest BCUT2D eigenvalue weighted by Gasteiger charge is 2.57. The van der Waals surface area contributed by atoms with Gasteiger partial charge in [0.05, 0.1) is 25.7 Å². The highest BCUT2D eigenvalue weighted by molar-refractivity contribution is 5.82. The molecule has 28 heavy (non-hydrogen) atoms. The lowest BCUT2D eigenvalue weighted by Gasteiger charge is -2.31. The highest BCUT2D eigenvalue weighted by atomic mass is 16.8. The van der Waals surface area contributed by atoms with E-state index in [0.717, 1.165) is 0 Å². The van der Waals surface area contributed by atoms with Crippen LogP contribution in [0.25, 0.3) is 0 Å². The molecule has 2 unspecified atom stereocenters. The lowest BCUT2D eigenvalue weighted by Crippen LogP contribution is -2.49. The van der Waals surface area contributed by atoms with Crippen molar-refractivity contribution in [1.82, 2.24) is 5.32 Å². The third-order valence-electron chi connectivity index (χ3n) is 4.42. The van der Waals surface area contributed by atoms with E-state index < -0.39 is 42.4 Å². The normalized spacial score (nSPS) is 29.9. The van der Waals surface area contributed by atoms with E-state index >= 15 is 0 Å². The first-order valence-corrected chi connectivity index (χ1v) is 9.51. The summed E-state index contributed by atoms with van der Waals surface area (Å²) in [6.45, 7) is 9.34. The topological polar surface area (TPSA) is 102 Å². The fourth-order valence-corrected chi connectivity index (χ4v) is 3.44. The van der Waals surface area contributed by atoms with Gasteiger partial charge in [-0.2, -0.15) is 0 Å². The minimum absolute atomic E-state index is 0.0230. The van der Waals surface area contributed by atoms with Gasteiger partial charge in [0.25, 0.3) is 0 Å². The van der Waals surface area contributed by atoms with Crippen molar-refractivity contribution in [2.45, 2.75) is 77.5 Å². The number of esters is 2.